The van der Waals surface area contributed by atoms with Gasteiger partial charge in [0, 0.05) is 20.0 Å². The summed E-state index contributed by atoms with van der Waals surface area (Å²) in [7, 11) is 1.83. The van der Waals surface area contributed by atoms with E-state index in [1.165, 1.54) is 6.92 Å². The minimum Gasteiger partial charge on any atom is -0.311 e. The van der Waals surface area contributed by atoms with Crippen molar-refractivity contribution in [3.8, 4) is 0 Å². The number of hydrogen-bond acceptors (Lipinski definition) is 2. The van der Waals surface area contributed by atoms with Crippen molar-refractivity contribution >= 4 is 11.7 Å². The van der Waals surface area contributed by atoms with Gasteiger partial charge in [-0.15, -0.1) is 0 Å². The Morgan fingerprint density at radius 1 is 1.53 bits per heavy atom. The van der Waals surface area contributed by atoms with Crippen LogP contribution in [0, 0.1) is 5.41 Å². The highest BCUT2D eigenvalue weighted by molar-refractivity contribution is 5.87. The van der Waals surface area contributed by atoms with Crippen LogP contribution in [0.2, 0.25) is 0 Å². The molecule has 0 aliphatic carbocycles. The molecule has 1 heterocycles. The van der Waals surface area contributed by atoms with Gasteiger partial charge in [0.15, 0.2) is 0 Å². The molecule has 0 bridgehead atoms. The number of hydrogen-bond donors (Lipinski definition) is 1. The van der Waals surface area contributed by atoms with E-state index >= 15 is 0 Å². The SMILES string of the molecule is CC(=O)Nc1cc(CC(C)(C)C)nn1C. The molecule has 0 saturated heterocycles. The first-order valence-corrected chi connectivity index (χ1v) is 5.08. The second-order valence-corrected chi connectivity index (χ2v) is 5.06. The number of aryl methyl sites for hydroxylation is 1. The molecule has 15 heavy (non-hydrogen) atoms. The maximum absolute atomic E-state index is 10.9. The maximum Gasteiger partial charge on any atom is 0.222 e. The Balaban J connectivity index is 2.81. The Morgan fingerprint density at radius 3 is 2.60 bits per heavy atom. The Labute approximate surface area is 90.7 Å². The van der Waals surface area contributed by atoms with Gasteiger partial charge in [0.05, 0.1) is 5.69 Å². The van der Waals surface area contributed by atoms with Crippen LogP contribution in [-0.4, -0.2) is 15.7 Å². The molecule has 0 aliphatic rings. The lowest BCUT2D eigenvalue weighted by Gasteiger charge is -2.15. The number of amides is 1. The highest BCUT2D eigenvalue weighted by atomic mass is 16.1. The van der Waals surface area contributed by atoms with Crippen molar-refractivity contribution in [1.29, 1.82) is 0 Å². The predicted octanol–water partition coefficient (Wildman–Crippen LogP) is 1.97. The number of nitrogens with one attached hydrogen (secondary N) is 1. The normalized spacial score (nSPS) is 11.5. The molecule has 1 N–H and O–H groups in total. The fraction of sp³-hybridized carbons (Fsp3) is 0.636. The van der Waals surface area contributed by atoms with Gasteiger partial charge >= 0.3 is 0 Å². The van der Waals surface area contributed by atoms with Crippen LogP contribution in [0.3, 0.4) is 0 Å². The third-order valence-electron chi connectivity index (χ3n) is 1.95. The maximum atomic E-state index is 10.9. The first-order chi connectivity index (χ1) is 6.78. The standard InChI is InChI=1S/C11H19N3O/c1-8(15)12-10-6-9(13-14(10)5)7-11(2,3)4/h6H,7H2,1-5H3,(H,12,15). The lowest BCUT2D eigenvalue weighted by Crippen LogP contribution is -2.10. The number of carbonyl (C=O) groups excluding carboxylic acids is 1. The lowest BCUT2D eigenvalue weighted by atomic mass is 9.91. The van der Waals surface area contributed by atoms with Crippen LogP contribution in [0.4, 0.5) is 5.82 Å². The fourth-order valence-electron chi connectivity index (χ4n) is 1.45. The van der Waals surface area contributed by atoms with E-state index in [0.717, 1.165) is 17.9 Å². The average molecular weight is 209 g/mol. The number of aromatic nitrogens is 2. The van der Waals surface area contributed by atoms with E-state index in [-0.39, 0.29) is 11.3 Å². The summed E-state index contributed by atoms with van der Waals surface area (Å²) in [6.07, 6.45) is 0.903. The molecular formula is C11H19N3O. The largest absolute Gasteiger partial charge is 0.311 e. The highest BCUT2D eigenvalue weighted by Gasteiger charge is 2.15. The van der Waals surface area contributed by atoms with Crippen molar-refractivity contribution in [3.05, 3.63) is 11.8 Å². The molecule has 0 radical (unpaired) electrons. The first-order valence-electron chi connectivity index (χ1n) is 5.08. The summed E-state index contributed by atoms with van der Waals surface area (Å²) in [5.74, 6) is 0.682. The molecule has 84 valence electrons. The molecule has 1 amide bonds. The van der Waals surface area contributed by atoms with E-state index in [1.54, 1.807) is 4.68 Å². The minimum atomic E-state index is -0.0692. The van der Waals surface area contributed by atoms with E-state index < -0.39 is 0 Å². The Kier molecular flexibility index (Phi) is 3.17. The topological polar surface area (TPSA) is 46.9 Å². The summed E-state index contributed by atoms with van der Waals surface area (Å²) in [4.78, 5) is 10.9. The van der Waals surface area contributed by atoms with Gasteiger partial charge in [0.2, 0.25) is 5.91 Å². The molecule has 0 saturated carbocycles. The van der Waals surface area contributed by atoms with Gasteiger partial charge in [-0.1, -0.05) is 20.8 Å². The quantitative estimate of drug-likeness (QED) is 0.809. The molecule has 0 fully saturated rings. The van der Waals surface area contributed by atoms with Crippen LogP contribution in [-0.2, 0) is 18.3 Å². The number of nitrogens with zero attached hydrogens (tertiary/aromatic N) is 2. The minimum absolute atomic E-state index is 0.0692. The molecule has 1 rings (SSSR count). The summed E-state index contributed by atoms with van der Waals surface area (Å²) in [5, 5.41) is 7.09. The summed E-state index contributed by atoms with van der Waals surface area (Å²) in [6, 6.07) is 1.92. The van der Waals surface area contributed by atoms with Crippen molar-refractivity contribution in [2.24, 2.45) is 12.5 Å². The molecule has 1 aromatic rings. The molecule has 0 atom stereocenters. The summed E-state index contributed by atoms with van der Waals surface area (Å²) in [6.45, 7) is 8.00. The molecule has 0 aliphatic heterocycles. The second kappa shape index (κ2) is 4.04. The summed E-state index contributed by atoms with van der Waals surface area (Å²) < 4.78 is 1.70. The van der Waals surface area contributed by atoms with Crippen LogP contribution in [0.25, 0.3) is 0 Å². The summed E-state index contributed by atoms with van der Waals surface area (Å²) in [5.41, 5.74) is 1.22. The number of anilines is 1. The molecule has 4 nitrogen and oxygen atoms in total. The number of rotatable bonds is 2. The van der Waals surface area contributed by atoms with Crippen LogP contribution in [0.1, 0.15) is 33.4 Å². The van der Waals surface area contributed by atoms with Crippen molar-refractivity contribution in [2.45, 2.75) is 34.1 Å². The smallest absolute Gasteiger partial charge is 0.222 e. The molecule has 0 spiro atoms. The van der Waals surface area contributed by atoms with Crippen molar-refractivity contribution < 1.29 is 4.79 Å². The van der Waals surface area contributed by atoms with Crippen LogP contribution < -0.4 is 5.32 Å². The number of carbonyl (C=O) groups is 1. The Morgan fingerprint density at radius 2 is 2.13 bits per heavy atom. The van der Waals surface area contributed by atoms with Gasteiger partial charge in [-0.3, -0.25) is 9.48 Å². The van der Waals surface area contributed by atoms with E-state index in [9.17, 15) is 4.79 Å². The first kappa shape index (κ1) is 11.8. The summed E-state index contributed by atoms with van der Waals surface area (Å²) >= 11 is 0. The fourth-order valence-corrected chi connectivity index (χ4v) is 1.45. The van der Waals surface area contributed by atoms with Crippen molar-refractivity contribution in [1.82, 2.24) is 9.78 Å². The second-order valence-electron chi connectivity index (χ2n) is 5.06. The lowest BCUT2D eigenvalue weighted by molar-refractivity contribution is -0.114. The van der Waals surface area contributed by atoms with Crippen LogP contribution >= 0.6 is 0 Å². The molecular weight excluding hydrogens is 190 g/mol. The van der Waals surface area contributed by atoms with E-state index in [0.29, 0.717) is 0 Å². The molecule has 1 aromatic heterocycles. The Bertz CT molecular complexity index is 360. The van der Waals surface area contributed by atoms with Gasteiger partial charge in [0.25, 0.3) is 0 Å². The van der Waals surface area contributed by atoms with Crippen molar-refractivity contribution in [2.75, 3.05) is 5.32 Å². The Hall–Kier alpha value is -1.32. The van der Waals surface area contributed by atoms with Gasteiger partial charge in [-0.25, -0.2) is 0 Å². The van der Waals surface area contributed by atoms with E-state index in [4.69, 9.17) is 0 Å². The van der Waals surface area contributed by atoms with E-state index in [2.05, 4.69) is 31.2 Å². The zero-order chi connectivity index (χ0) is 11.6. The molecule has 0 unspecified atom stereocenters. The third kappa shape index (κ3) is 3.73. The predicted molar refractivity (Wildman–Crippen MR) is 60.7 cm³/mol. The van der Waals surface area contributed by atoms with Gasteiger partial charge < -0.3 is 5.32 Å². The van der Waals surface area contributed by atoms with Gasteiger partial charge in [-0.05, 0) is 11.8 Å². The van der Waals surface area contributed by atoms with Crippen molar-refractivity contribution in [3.63, 3.8) is 0 Å². The average Bonchev–Trinajstić information content (AvgIpc) is 2.26. The van der Waals surface area contributed by atoms with E-state index in [1.807, 2.05) is 13.1 Å². The van der Waals surface area contributed by atoms with Gasteiger partial charge in [-0.2, -0.15) is 5.10 Å². The van der Waals surface area contributed by atoms with Gasteiger partial charge in [0.1, 0.15) is 5.82 Å². The highest BCUT2D eigenvalue weighted by Crippen LogP contribution is 2.21. The van der Waals surface area contributed by atoms with Crippen LogP contribution in [0.5, 0.6) is 0 Å². The third-order valence-corrected chi connectivity index (χ3v) is 1.95. The zero-order valence-electron chi connectivity index (χ0n) is 10.1. The van der Waals surface area contributed by atoms with Crippen LogP contribution in [0.15, 0.2) is 6.07 Å². The monoisotopic (exact) mass is 209 g/mol. The zero-order valence-corrected chi connectivity index (χ0v) is 10.1. The molecule has 4 heteroatoms. The molecule has 0 aromatic carbocycles.